The zero-order valence-electron chi connectivity index (χ0n) is 12.4. The fourth-order valence-corrected chi connectivity index (χ4v) is 2.41. The Kier molecular flexibility index (Phi) is 5.69. The third-order valence-electron chi connectivity index (χ3n) is 3.14. The number of hydrogen-bond donors (Lipinski definition) is 1. The maximum atomic E-state index is 12.1. The van der Waals surface area contributed by atoms with Gasteiger partial charge in [-0.15, -0.1) is 0 Å². The number of nitrogens with one attached hydrogen (secondary N) is 1. The van der Waals surface area contributed by atoms with Crippen LogP contribution in [0.2, 0.25) is 10.0 Å². The summed E-state index contributed by atoms with van der Waals surface area (Å²) >= 11 is 11.9. The summed E-state index contributed by atoms with van der Waals surface area (Å²) in [7, 11) is 0. The molecule has 2 aromatic rings. The van der Waals surface area contributed by atoms with Crippen molar-refractivity contribution in [3.8, 4) is 5.75 Å². The number of aryl methyl sites for hydroxylation is 1. The monoisotopic (exact) mass is 337 g/mol. The highest BCUT2D eigenvalue weighted by Crippen LogP contribution is 2.21. The van der Waals surface area contributed by atoms with E-state index in [0.717, 1.165) is 11.1 Å². The first-order chi connectivity index (χ1) is 10.5. The quantitative estimate of drug-likeness (QED) is 0.878. The summed E-state index contributed by atoms with van der Waals surface area (Å²) in [6.45, 7) is 4.01. The molecule has 1 amide bonds. The van der Waals surface area contributed by atoms with Crippen molar-refractivity contribution < 1.29 is 9.53 Å². The van der Waals surface area contributed by atoms with E-state index < -0.39 is 6.10 Å². The van der Waals surface area contributed by atoms with E-state index in [9.17, 15) is 4.79 Å². The van der Waals surface area contributed by atoms with Crippen LogP contribution < -0.4 is 10.1 Å². The van der Waals surface area contributed by atoms with Crippen molar-refractivity contribution in [3.63, 3.8) is 0 Å². The predicted octanol–water partition coefficient (Wildman–Crippen LogP) is 4.39. The smallest absolute Gasteiger partial charge is 0.261 e. The number of carbonyl (C=O) groups is 1. The molecule has 22 heavy (non-hydrogen) atoms. The van der Waals surface area contributed by atoms with Crippen LogP contribution >= 0.6 is 23.2 Å². The van der Waals surface area contributed by atoms with Gasteiger partial charge in [0.1, 0.15) is 5.75 Å². The van der Waals surface area contributed by atoms with E-state index in [2.05, 4.69) is 5.32 Å². The highest BCUT2D eigenvalue weighted by Gasteiger charge is 2.14. The zero-order valence-corrected chi connectivity index (χ0v) is 13.9. The molecule has 0 bridgehead atoms. The summed E-state index contributed by atoms with van der Waals surface area (Å²) in [6.07, 6.45) is -0.590. The van der Waals surface area contributed by atoms with Gasteiger partial charge >= 0.3 is 0 Å². The van der Waals surface area contributed by atoms with Crippen molar-refractivity contribution in [3.05, 3.63) is 63.6 Å². The Bertz CT molecular complexity index is 673. The SMILES string of the molecule is Cc1cccc(O[C@@H](C)C(=O)NCc2ccc(Cl)cc2Cl)c1. The molecule has 0 aliphatic heterocycles. The van der Waals surface area contributed by atoms with Crippen LogP contribution in [0.25, 0.3) is 0 Å². The molecule has 116 valence electrons. The molecule has 2 aromatic carbocycles. The molecule has 0 saturated carbocycles. The first kappa shape index (κ1) is 16.7. The summed E-state index contributed by atoms with van der Waals surface area (Å²) in [5, 5.41) is 3.90. The molecule has 0 aliphatic carbocycles. The Balaban J connectivity index is 1.91. The molecule has 3 nitrogen and oxygen atoms in total. The lowest BCUT2D eigenvalue weighted by Gasteiger charge is -2.15. The van der Waals surface area contributed by atoms with Crippen molar-refractivity contribution in [2.45, 2.75) is 26.5 Å². The zero-order chi connectivity index (χ0) is 16.1. The Morgan fingerprint density at radius 1 is 1.23 bits per heavy atom. The highest BCUT2D eigenvalue weighted by atomic mass is 35.5. The minimum absolute atomic E-state index is 0.201. The van der Waals surface area contributed by atoms with Gasteiger partial charge in [0.2, 0.25) is 0 Å². The second-order valence-electron chi connectivity index (χ2n) is 5.03. The number of carbonyl (C=O) groups excluding carboxylic acids is 1. The largest absolute Gasteiger partial charge is 0.481 e. The van der Waals surface area contributed by atoms with Crippen LogP contribution in [0.5, 0.6) is 5.75 Å². The van der Waals surface area contributed by atoms with Crippen LogP contribution in [0, 0.1) is 6.92 Å². The second kappa shape index (κ2) is 7.52. The van der Waals surface area contributed by atoms with Gasteiger partial charge in [-0.2, -0.15) is 0 Å². The lowest BCUT2D eigenvalue weighted by molar-refractivity contribution is -0.127. The number of benzene rings is 2. The fourth-order valence-electron chi connectivity index (χ4n) is 1.94. The molecule has 0 radical (unpaired) electrons. The van der Waals surface area contributed by atoms with Crippen LogP contribution in [0.4, 0.5) is 0 Å². The molecule has 1 atom stereocenters. The standard InChI is InChI=1S/C17H17Cl2NO2/c1-11-4-3-5-15(8-11)22-12(2)17(21)20-10-13-6-7-14(18)9-16(13)19/h3-9,12H,10H2,1-2H3,(H,20,21)/t12-/m0/s1. The minimum Gasteiger partial charge on any atom is -0.481 e. The maximum Gasteiger partial charge on any atom is 0.261 e. The predicted molar refractivity (Wildman–Crippen MR) is 89.6 cm³/mol. The molecule has 0 heterocycles. The number of hydrogen-bond acceptors (Lipinski definition) is 2. The van der Waals surface area contributed by atoms with Gasteiger partial charge in [0.05, 0.1) is 0 Å². The number of rotatable bonds is 5. The number of halogens is 2. The molecular weight excluding hydrogens is 321 g/mol. The van der Waals surface area contributed by atoms with Gasteiger partial charge in [-0.1, -0.05) is 41.4 Å². The normalized spacial score (nSPS) is 11.8. The van der Waals surface area contributed by atoms with E-state index >= 15 is 0 Å². The van der Waals surface area contributed by atoms with Crippen LogP contribution in [0.3, 0.4) is 0 Å². The van der Waals surface area contributed by atoms with Crippen molar-refractivity contribution in [2.24, 2.45) is 0 Å². The van der Waals surface area contributed by atoms with Crippen LogP contribution in [0.15, 0.2) is 42.5 Å². The van der Waals surface area contributed by atoms with Crippen LogP contribution in [-0.2, 0) is 11.3 Å². The van der Waals surface area contributed by atoms with Crippen molar-refractivity contribution >= 4 is 29.1 Å². The van der Waals surface area contributed by atoms with E-state index in [1.54, 1.807) is 25.1 Å². The van der Waals surface area contributed by atoms with Gasteiger partial charge < -0.3 is 10.1 Å². The van der Waals surface area contributed by atoms with E-state index in [4.69, 9.17) is 27.9 Å². The van der Waals surface area contributed by atoms with E-state index in [1.807, 2.05) is 31.2 Å². The van der Waals surface area contributed by atoms with Gasteiger partial charge in [0.15, 0.2) is 6.10 Å². The first-order valence-corrected chi connectivity index (χ1v) is 7.66. The number of amides is 1. The average molecular weight is 338 g/mol. The van der Waals surface area contributed by atoms with Crippen molar-refractivity contribution in [1.29, 1.82) is 0 Å². The number of ether oxygens (including phenoxy) is 1. The first-order valence-electron chi connectivity index (χ1n) is 6.90. The third kappa shape index (κ3) is 4.65. The van der Waals surface area contributed by atoms with Crippen LogP contribution in [0.1, 0.15) is 18.1 Å². The Hall–Kier alpha value is -1.71. The van der Waals surface area contributed by atoms with Crippen molar-refractivity contribution in [2.75, 3.05) is 0 Å². The third-order valence-corrected chi connectivity index (χ3v) is 3.73. The average Bonchev–Trinajstić information content (AvgIpc) is 2.46. The summed E-state index contributed by atoms with van der Waals surface area (Å²) in [4.78, 5) is 12.1. The molecule has 5 heteroatoms. The summed E-state index contributed by atoms with van der Waals surface area (Å²) in [6, 6.07) is 12.8. The molecule has 0 aromatic heterocycles. The molecule has 2 rings (SSSR count). The summed E-state index contributed by atoms with van der Waals surface area (Å²) in [5.74, 6) is 0.472. The van der Waals surface area contributed by atoms with E-state index in [1.165, 1.54) is 0 Å². The second-order valence-corrected chi connectivity index (χ2v) is 5.87. The van der Waals surface area contributed by atoms with Gasteiger partial charge in [-0.05, 0) is 49.2 Å². The lowest BCUT2D eigenvalue weighted by atomic mass is 10.2. The van der Waals surface area contributed by atoms with Crippen LogP contribution in [-0.4, -0.2) is 12.0 Å². The molecule has 0 spiro atoms. The molecule has 0 aliphatic rings. The summed E-state index contributed by atoms with van der Waals surface area (Å²) < 4.78 is 5.63. The Morgan fingerprint density at radius 3 is 2.68 bits per heavy atom. The summed E-state index contributed by atoms with van der Waals surface area (Å²) in [5.41, 5.74) is 1.89. The van der Waals surface area contributed by atoms with Gasteiger partial charge in [0.25, 0.3) is 5.91 Å². The van der Waals surface area contributed by atoms with Gasteiger partial charge in [-0.3, -0.25) is 4.79 Å². The highest BCUT2D eigenvalue weighted by molar-refractivity contribution is 6.35. The van der Waals surface area contributed by atoms with E-state index in [0.29, 0.717) is 22.3 Å². The molecule has 0 saturated heterocycles. The maximum absolute atomic E-state index is 12.1. The minimum atomic E-state index is -0.590. The molecule has 0 unspecified atom stereocenters. The fraction of sp³-hybridized carbons (Fsp3) is 0.235. The molecule has 0 fully saturated rings. The topological polar surface area (TPSA) is 38.3 Å². The van der Waals surface area contributed by atoms with Gasteiger partial charge in [-0.25, -0.2) is 0 Å². The molecular formula is C17H17Cl2NO2. The Labute approximate surface area is 140 Å². The van der Waals surface area contributed by atoms with E-state index in [-0.39, 0.29) is 5.91 Å². The lowest BCUT2D eigenvalue weighted by Crippen LogP contribution is -2.35. The Morgan fingerprint density at radius 2 is 2.00 bits per heavy atom. The molecule has 1 N–H and O–H groups in total. The van der Waals surface area contributed by atoms with Crippen molar-refractivity contribution in [1.82, 2.24) is 5.32 Å². The van der Waals surface area contributed by atoms with Gasteiger partial charge in [0, 0.05) is 16.6 Å².